The van der Waals surface area contributed by atoms with Crippen molar-refractivity contribution in [2.75, 3.05) is 6.54 Å². The second-order valence-corrected chi connectivity index (χ2v) is 7.59. The maximum atomic E-state index is 12.3. The Kier molecular flexibility index (Phi) is 5.17. The fraction of sp³-hybridized carbons (Fsp3) is 0.562. The van der Waals surface area contributed by atoms with Crippen LogP contribution in [0.1, 0.15) is 49.9 Å². The van der Waals surface area contributed by atoms with Crippen LogP contribution in [0.2, 0.25) is 0 Å². The molecule has 1 aromatic rings. The van der Waals surface area contributed by atoms with Crippen LogP contribution in [0.3, 0.4) is 0 Å². The topological polar surface area (TPSA) is 63.2 Å². The molecule has 0 aromatic heterocycles. The number of ketones is 1. The lowest BCUT2D eigenvalue weighted by atomic mass is 9.99. The van der Waals surface area contributed by atoms with Gasteiger partial charge >= 0.3 is 0 Å². The van der Waals surface area contributed by atoms with Gasteiger partial charge in [-0.2, -0.15) is 0 Å². The highest BCUT2D eigenvalue weighted by atomic mass is 32.2. The molecular weight excluding hydrogens is 286 g/mol. The minimum atomic E-state index is -3.54. The van der Waals surface area contributed by atoms with Gasteiger partial charge < -0.3 is 0 Å². The van der Waals surface area contributed by atoms with Gasteiger partial charge in [-0.1, -0.05) is 38.8 Å². The maximum absolute atomic E-state index is 12.3. The van der Waals surface area contributed by atoms with Crippen LogP contribution in [-0.2, 0) is 10.0 Å². The molecule has 0 heterocycles. The van der Waals surface area contributed by atoms with Gasteiger partial charge in [0.1, 0.15) is 0 Å². The maximum Gasteiger partial charge on any atom is 0.240 e. The lowest BCUT2D eigenvalue weighted by Crippen LogP contribution is -2.30. The van der Waals surface area contributed by atoms with Crippen LogP contribution in [0, 0.1) is 11.8 Å². The molecule has 2 atom stereocenters. The Hall–Kier alpha value is -1.20. The minimum absolute atomic E-state index is 0.0449. The van der Waals surface area contributed by atoms with Crippen molar-refractivity contribution in [3.63, 3.8) is 0 Å². The number of nitrogens with one attached hydrogen (secondary N) is 1. The van der Waals surface area contributed by atoms with Crippen LogP contribution in [0.4, 0.5) is 0 Å². The molecule has 0 bridgehead atoms. The monoisotopic (exact) mass is 309 g/mol. The van der Waals surface area contributed by atoms with Gasteiger partial charge in [-0.3, -0.25) is 4.79 Å². The van der Waals surface area contributed by atoms with E-state index in [-0.39, 0.29) is 10.7 Å². The van der Waals surface area contributed by atoms with E-state index in [2.05, 4.69) is 11.6 Å². The van der Waals surface area contributed by atoms with Gasteiger partial charge in [0.05, 0.1) is 4.90 Å². The third-order valence-electron chi connectivity index (χ3n) is 4.36. The molecule has 1 fully saturated rings. The van der Waals surface area contributed by atoms with Crippen LogP contribution < -0.4 is 4.72 Å². The zero-order chi connectivity index (χ0) is 15.5. The molecule has 5 heteroatoms. The van der Waals surface area contributed by atoms with Crippen LogP contribution in [-0.4, -0.2) is 20.7 Å². The quantitative estimate of drug-likeness (QED) is 0.822. The first kappa shape index (κ1) is 16.2. The summed E-state index contributed by atoms with van der Waals surface area (Å²) in [5.41, 5.74) is 0.453. The van der Waals surface area contributed by atoms with Gasteiger partial charge in [-0.05, 0) is 30.4 Å². The number of sulfonamides is 1. The highest BCUT2D eigenvalue weighted by Crippen LogP contribution is 2.30. The Morgan fingerprint density at radius 2 is 2.10 bits per heavy atom. The predicted molar refractivity (Wildman–Crippen MR) is 82.8 cm³/mol. The van der Waals surface area contributed by atoms with E-state index in [4.69, 9.17) is 0 Å². The summed E-state index contributed by atoms with van der Waals surface area (Å²) < 4.78 is 27.4. The zero-order valence-electron chi connectivity index (χ0n) is 12.6. The van der Waals surface area contributed by atoms with Crippen molar-refractivity contribution >= 4 is 15.8 Å². The molecule has 0 radical (unpaired) electrons. The van der Waals surface area contributed by atoms with E-state index in [9.17, 15) is 13.2 Å². The first-order chi connectivity index (χ1) is 9.94. The Balaban J connectivity index is 2.10. The molecule has 0 amide bonds. The summed E-state index contributed by atoms with van der Waals surface area (Å²) in [5.74, 6) is 0.942. The van der Waals surface area contributed by atoms with E-state index in [1.54, 1.807) is 19.1 Å². The van der Waals surface area contributed by atoms with Crippen LogP contribution in [0.15, 0.2) is 29.2 Å². The van der Waals surface area contributed by atoms with Crippen molar-refractivity contribution in [2.45, 2.75) is 44.4 Å². The first-order valence-electron chi connectivity index (χ1n) is 7.57. The number of hydrogen-bond acceptors (Lipinski definition) is 3. The molecule has 2 rings (SSSR count). The van der Waals surface area contributed by atoms with Crippen LogP contribution in [0.5, 0.6) is 0 Å². The highest BCUT2D eigenvalue weighted by Gasteiger charge is 2.25. The summed E-state index contributed by atoms with van der Waals surface area (Å²) in [6.45, 7) is 4.42. The number of hydrogen-bond donors (Lipinski definition) is 1. The lowest BCUT2D eigenvalue weighted by Gasteiger charge is -2.16. The predicted octanol–water partition coefficient (Wildman–Crippen LogP) is 2.99. The largest absolute Gasteiger partial charge is 0.294 e. The van der Waals surface area contributed by atoms with Gasteiger partial charge in [-0.15, -0.1) is 0 Å². The van der Waals surface area contributed by atoms with E-state index in [0.29, 0.717) is 30.4 Å². The molecule has 1 aliphatic carbocycles. The SMILES string of the molecule is CCC(=O)c1cccc(S(=O)(=O)NCC2CCCC2C)c1. The number of carbonyl (C=O) groups is 1. The molecule has 1 saturated carbocycles. The third-order valence-corrected chi connectivity index (χ3v) is 5.78. The average molecular weight is 309 g/mol. The fourth-order valence-corrected chi connectivity index (χ4v) is 4.01. The minimum Gasteiger partial charge on any atom is -0.294 e. The summed E-state index contributed by atoms with van der Waals surface area (Å²) in [4.78, 5) is 11.9. The molecule has 0 saturated heterocycles. The van der Waals surface area contributed by atoms with Crippen molar-refractivity contribution in [3.8, 4) is 0 Å². The normalized spacial score (nSPS) is 22.4. The van der Waals surface area contributed by atoms with Crippen molar-refractivity contribution in [2.24, 2.45) is 11.8 Å². The van der Waals surface area contributed by atoms with E-state index < -0.39 is 10.0 Å². The summed E-state index contributed by atoms with van der Waals surface area (Å²) in [5, 5.41) is 0. The number of carbonyl (C=O) groups excluding carboxylic acids is 1. The van der Waals surface area contributed by atoms with Crippen molar-refractivity contribution in [1.82, 2.24) is 4.72 Å². The standard InChI is InChI=1S/C16H23NO3S/c1-3-16(18)13-7-5-9-15(10-13)21(19,20)17-11-14-8-4-6-12(14)2/h5,7,9-10,12,14,17H,3-4,6,8,11H2,1-2H3. The summed E-state index contributed by atoms with van der Waals surface area (Å²) >= 11 is 0. The highest BCUT2D eigenvalue weighted by molar-refractivity contribution is 7.89. The van der Waals surface area contributed by atoms with Crippen LogP contribution >= 0.6 is 0 Å². The van der Waals surface area contributed by atoms with Gasteiger partial charge in [0.2, 0.25) is 10.0 Å². The van der Waals surface area contributed by atoms with E-state index in [0.717, 1.165) is 6.42 Å². The molecule has 1 aromatic carbocycles. The average Bonchev–Trinajstić information content (AvgIpc) is 2.90. The Morgan fingerprint density at radius 3 is 2.71 bits per heavy atom. The summed E-state index contributed by atoms with van der Waals surface area (Å²) in [6.07, 6.45) is 3.80. The fourth-order valence-electron chi connectivity index (χ4n) is 2.87. The molecule has 1 N–H and O–H groups in total. The molecule has 21 heavy (non-hydrogen) atoms. The summed E-state index contributed by atoms with van der Waals surface area (Å²) in [6, 6.07) is 6.28. The van der Waals surface area contributed by atoms with Crippen molar-refractivity contribution in [3.05, 3.63) is 29.8 Å². The number of rotatable bonds is 6. The van der Waals surface area contributed by atoms with Gasteiger partial charge in [0.25, 0.3) is 0 Å². The van der Waals surface area contributed by atoms with Crippen molar-refractivity contribution in [1.29, 1.82) is 0 Å². The second kappa shape index (κ2) is 6.71. The molecular formula is C16H23NO3S. The molecule has 2 unspecified atom stereocenters. The smallest absolute Gasteiger partial charge is 0.240 e. The molecule has 0 spiro atoms. The second-order valence-electron chi connectivity index (χ2n) is 5.82. The number of Topliss-reactive ketones (excluding diaryl/α,β-unsaturated/α-hetero) is 1. The van der Waals surface area contributed by atoms with E-state index >= 15 is 0 Å². The zero-order valence-corrected chi connectivity index (χ0v) is 13.4. The van der Waals surface area contributed by atoms with Gasteiger partial charge in [0.15, 0.2) is 5.78 Å². The van der Waals surface area contributed by atoms with Crippen LogP contribution in [0.25, 0.3) is 0 Å². The summed E-state index contributed by atoms with van der Waals surface area (Å²) in [7, 11) is -3.54. The molecule has 116 valence electrons. The Morgan fingerprint density at radius 1 is 1.33 bits per heavy atom. The molecule has 4 nitrogen and oxygen atoms in total. The lowest BCUT2D eigenvalue weighted by molar-refractivity contribution is 0.0988. The molecule has 0 aliphatic heterocycles. The number of benzene rings is 1. The third kappa shape index (κ3) is 3.92. The van der Waals surface area contributed by atoms with Gasteiger partial charge in [-0.25, -0.2) is 13.1 Å². The van der Waals surface area contributed by atoms with Gasteiger partial charge in [0, 0.05) is 18.5 Å². The first-order valence-corrected chi connectivity index (χ1v) is 9.05. The van der Waals surface area contributed by atoms with E-state index in [1.165, 1.54) is 25.0 Å². The van der Waals surface area contributed by atoms with Crippen molar-refractivity contribution < 1.29 is 13.2 Å². The Labute approximate surface area is 127 Å². The molecule has 1 aliphatic rings. The van der Waals surface area contributed by atoms with E-state index in [1.807, 2.05) is 0 Å². The Bertz CT molecular complexity index is 610.